The second kappa shape index (κ2) is 5.75. The molecule has 0 aliphatic heterocycles. The van der Waals surface area contributed by atoms with E-state index in [0.717, 1.165) is 12.1 Å². The molecule has 0 fully saturated rings. The number of hydrogen-bond donors (Lipinski definition) is 1. The Morgan fingerprint density at radius 2 is 1.68 bits per heavy atom. The Kier molecular flexibility index (Phi) is 4.27. The van der Waals surface area contributed by atoms with Gasteiger partial charge in [-0.1, -0.05) is 12.1 Å². The molecule has 0 aliphatic carbocycles. The van der Waals surface area contributed by atoms with Crippen molar-refractivity contribution >= 4 is 15.9 Å². The van der Waals surface area contributed by atoms with Crippen LogP contribution >= 0.6 is 15.9 Å². The zero-order valence-corrected chi connectivity index (χ0v) is 11.3. The third kappa shape index (κ3) is 3.36. The van der Waals surface area contributed by atoms with Crippen LogP contribution < -0.4 is 0 Å². The Bertz CT molecular complexity index is 601. The molecule has 0 spiro atoms. The monoisotopic (exact) mass is 330 g/mol. The van der Waals surface area contributed by atoms with E-state index >= 15 is 0 Å². The highest BCUT2D eigenvalue weighted by Crippen LogP contribution is 2.23. The molecule has 2 aromatic carbocycles. The Balaban J connectivity index is 2.17. The summed E-state index contributed by atoms with van der Waals surface area (Å²) in [5.74, 6) is -2.39. The van der Waals surface area contributed by atoms with Crippen molar-refractivity contribution < 1.29 is 18.3 Å². The van der Waals surface area contributed by atoms with Crippen molar-refractivity contribution in [3.8, 4) is 0 Å². The van der Waals surface area contributed by atoms with Gasteiger partial charge in [-0.3, -0.25) is 0 Å². The molecule has 2 aromatic rings. The van der Waals surface area contributed by atoms with Crippen LogP contribution in [0.3, 0.4) is 0 Å². The molecule has 1 unspecified atom stereocenters. The third-order valence-corrected chi connectivity index (χ3v) is 3.38. The first-order chi connectivity index (χ1) is 8.97. The number of rotatable bonds is 3. The lowest BCUT2D eigenvalue weighted by Gasteiger charge is -2.12. The van der Waals surface area contributed by atoms with Crippen molar-refractivity contribution in [2.24, 2.45) is 0 Å². The van der Waals surface area contributed by atoms with Crippen LogP contribution in [-0.4, -0.2) is 5.11 Å². The van der Waals surface area contributed by atoms with Crippen molar-refractivity contribution in [1.82, 2.24) is 0 Å². The summed E-state index contributed by atoms with van der Waals surface area (Å²) in [4.78, 5) is 0. The van der Waals surface area contributed by atoms with Gasteiger partial charge in [-0.15, -0.1) is 0 Å². The minimum absolute atomic E-state index is 0.0816. The molecule has 100 valence electrons. The standard InChI is InChI=1S/C14H10BrF3O/c15-10-3-2-9(7-12(10)17)14(19)6-8-1-4-11(16)13(18)5-8/h1-5,7,14,19H,6H2. The van der Waals surface area contributed by atoms with E-state index in [4.69, 9.17) is 0 Å². The first-order valence-electron chi connectivity index (χ1n) is 5.54. The van der Waals surface area contributed by atoms with Gasteiger partial charge in [0, 0.05) is 6.42 Å². The maximum atomic E-state index is 13.3. The molecule has 0 saturated heterocycles. The van der Waals surface area contributed by atoms with Gasteiger partial charge in [-0.2, -0.15) is 0 Å². The van der Waals surface area contributed by atoms with Crippen LogP contribution in [0.15, 0.2) is 40.9 Å². The van der Waals surface area contributed by atoms with Crippen LogP contribution in [0.25, 0.3) is 0 Å². The van der Waals surface area contributed by atoms with Gasteiger partial charge in [0.15, 0.2) is 11.6 Å². The number of hydrogen-bond acceptors (Lipinski definition) is 1. The highest BCUT2D eigenvalue weighted by Gasteiger charge is 2.12. The molecular weight excluding hydrogens is 321 g/mol. The highest BCUT2D eigenvalue weighted by molar-refractivity contribution is 9.10. The van der Waals surface area contributed by atoms with Crippen molar-refractivity contribution in [3.05, 3.63) is 69.4 Å². The molecule has 0 saturated carbocycles. The predicted molar refractivity (Wildman–Crippen MR) is 69.1 cm³/mol. The summed E-state index contributed by atoms with van der Waals surface area (Å²) in [6, 6.07) is 7.66. The summed E-state index contributed by atoms with van der Waals surface area (Å²) in [5, 5.41) is 9.95. The number of halogens is 4. The summed E-state index contributed by atoms with van der Waals surface area (Å²) in [7, 11) is 0. The van der Waals surface area contributed by atoms with Crippen molar-refractivity contribution in [2.45, 2.75) is 12.5 Å². The molecule has 0 amide bonds. The molecule has 1 N–H and O–H groups in total. The summed E-state index contributed by atoms with van der Waals surface area (Å²) in [6.07, 6.45) is -0.898. The van der Waals surface area contributed by atoms with Gasteiger partial charge in [-0.05, 0) is 51.3 Å². The molecule has 19 heavy (non-hydrogen) atoms. The molecular formula is C14H10BrF3O. The van der Waals surface area contributed by atoms with E-state index in [9.17, 15) is 18.3 Å². The molecule has 1 nitrogen and oxygen atoms in total. The first-order valence-corrected chi connectivity index (χ1v) is 6.33. The largest absolute Gasteiger partial charge is 0.388 e. The minimum Gasteiger partial charge on any atom is -0.388 e. The fraction of sp³-hybridized carbons (Fsp3) is 0.143. The van der Waals surface area contributed by atoms with Crippen LogP contribution in [0.2, 0.25) is 0 Å². The Morgan fingerprint density at radius 1 is 0.947 bits per heavy atom. The average molecular weight is 331 g/mol. The molecule has 0 aromatic heterocycles. The molecule has 0 heterocycles. The molecule has 5 heteroatoms. The van der Waals surface area contributed by atoms with Gasteiger partial charge in [0.25, 0.3) is 0 Å². The maximum Gasteiger partial charge on any atom is 0.159 e. The second-order valence-corrected chi connectivity index (χ2v) is 5.00. The van der Waals surface area contributed by atoms with Gasteiger partial charge in [0.2, 0.25) is 0 Å². The van der Waals surface area contributed by atoms with Crippen LogP contribution in [0.1, 0.15) is 17.2 Å². The van der Waals surface area contributed by atoms with Gasteiger partial charge in [0.1, 0.15) is 5.82 Å². The minimum atomic E-state index is -0.979. The van der Waals surface area contributed by atoms with Crippen LogP contribution in [-0.2, 0) is 6.42 Å². The van der Waals surface area contributed by atoms with Gasteiger partial charge < -0.3 is 5.11 Å². The molecule has 0 aliphatic rings. The summed E-state index contributed by atoms with van der Waals surface area (Å²) in [5.41, 5.74) is 0.820. The topological polar surface area (TPSA) is 20.2 Å². The Morgan fingerprint density at radius 3 is 2.32 bits per heavy atom. The van der Waals surface area contributed by atoms with Crippen LogP contribution in [0.4, 0.5) is 13.2 Å². The van der Waals surface area contributed by atoms with E-state index in [1.54, 1.807) is 6.07 Å². The average Bonchev–Trinajstić information content (AvgIpc) is 2.37. The zero-order valence-electron chi connectivity index (χ0n) is 9.71. The van der Waals surface area contributed by atoms with Crippen molar-refractivity contribution in [2.75, 3.05) is 0 Å². The fourth-order valence-corrected chi connectivity index (χ4v) is 1.97. The van der Waals surface area contributed by atoms with Crippen molar-refractivity contribution in [3.63, 3.8) is 0 Å². The molecule has 0 bridgehead atoms. The smallest absolute Gasteiger partial charge is 0.159 e. The first kappa shape index (κ1) is 14.1. The van der Waals surface area contributed by atoms with E-state index in [1.807, 2.05) is 0 Å². The highest BCUT2D eigenvalue weighted by atomic mass is 79.9. The van der Waals surface area contributed by atoms with Crippen LogP contribution in [0, 0.1) is 17.5 Å². The van der Waals surface area contributed by atoms with E-state index < -0.39 is 23.6 Å². The second-order valence-electron chi connectivity index (χ2n) is 4.14. The molecule has 1 atom stereocenters. The lowest BCUT2D eigenvalue weighted by Crippen LogP contribution is -2.03. The maximum absolute atomic E-state index is 13.3. The Hall–Kier alpha value is -1.33. The summed E-state index contributed by atoms with van der Waals surface area (Å²) < 4.78 is 39.4. The molecule has 0 radical (unpaired) electrons. The Labute approximate surface area is 116 Å². The number of benzene rings is 2. The van der Waals surface area contributed by atoms with E-state index in [0.29, 0.717) is 15.6 Å². The lowest BCUT2D eigenvalue weighted by atomic mass is 10.0. The number of aliphatic hydroxyl groups excluding tert-OH is 1. The van der Waals surface area contributed by atoms with Gasteiger partial charge in [-0.25, -0.2) is 13.2 Å². The van der Waals surface area contributed by atoms with Gasteiger partial charge >= 0.3 is 0 Å². The summed E-state index contributed by atoms with van der Waals surface area (Å²) >= 11 is 3.01. The van der Waals surface area contributed by atoms with Crippen molar-refractivity contribution in [1.29, 1.82) is 0 Å². The molecule has 2 rings (SSSR count). The fourth-order valence-electron chi connectivity index (χ4n) is 1.73. The summed E-state index contributed by atoms with van der Waals surface area (Å²) in [6.45, 7) is 0. The van der Waals surface area contributed by atoms with Gasteiger partial charge in [0.05, 0.1) is 10.6 Å². The lowest BCUT2D eigenvalue weighted by molar-refractivity contribution is 0.178. The predicted octanol–water partition coefficient (Wildman–Crippen LogP) is 4.14. The van der Waals surface area contributed by atoms with E-state index in [2.05, 4.69) is 15.9 Å². The third-order valence-electron chi connectivity index (χ3n) is 2.74. The normalized spacial score (nSPS) is 12.5. The zero-order chi connectivity index (χ0) is 14.0. The number of aliphatic hydroxyl groups is 1. The van der Waals surface area contributed by atoms with E-state index in [1.165, 1.54) is 18.2 Å². The quantitative estimate of drug-likeness (QED) is 0.896. The van der Waals surface area contributed by atoms with E-state index in [-0.39, 0.29) is 6.42 Å². The van der Waals surface area contributed by atoms with Crippen LogP contribution in [0.5, 0.6) is 0 Å². The SMILES string of the molecule is OC(Cc1ccc(F)c(F)c1)c1ccc(Br)c(F)c1.